The number of hydrogen-bond donors (Lipinski definition) is 2. The van der Waals surface area contributed by atoms with E-state index < -0.39 is 45.9 Å². The van der Waals surface area contributed by atoms with Gasteiger partial charge in [0.25, 0.3) is 15.9 Å². The number of halogens is 2. The smallest absolute Gasteiger partial charge is 0.323 e. The first-order valence-electron chi connectivity index (χ1n) is 11.4. The lowest BCUT2D eigenvalue weighted by molar-refractivity contribution is -0.145. The monoisotopic (exact) mass is 622 g/mol. The van der Waals surface area contributed by atoms with Gasteiger partial charge in [-0.05, 0) is 36.4 Å². The zero-order valence-corrected chi connectivity index (χ0v) is 23.4. The van der Waals surface area contributed by atoms with E-state index in [0.717, 1.165) is 18.0 Å². The van der Waals surface area contributed by atoms with Gasteiger partial charge in [0.2, 0.25) is 0 Å². The van der Waals surface area contributed by atoms with Crippen molar-refractivity contribution in [3.63, 3.8) is 0 Å². The number of benzene rings is 3. The van der Waals surface area contributed by atoms with Crippen LogP contribution in [0.15, 0.2) is 70.0 Å². The molecule has 3 aromatic rings. The summed E-state index contributed by atoms with van der Waals surface area (Å²) in [5.74, 6) is -3.00. The molecule has 3 aromatic carbocycles. The van der Waals surface area contributed by atoms with Gasteiger partial charge < -0.3 is 24.6 Å². The topological polar surface area (TPSA) is 134 Å². The van der Waals surface area contributed by atoms with E-state index in [1.54, 1.807) is 0 Å². The van der Waals surface area contributed by atoms with Gasteiger partial charge in [0.1, 0.15) is 18.0 Å². The van der Waals surface area contributed by atoms with E-state index >= 15 is 4.39 Å². The van der Waals surface area contributed by atoms with Crippen molar-refractivity contribution in [3.05, 3.63) is 82.1 Å². The molecule has 10 nitrogen and oxygen atoms in total. The molecule has 0 fully saturated rings. The van der Waals surface area contributed by atoms with Crippen LogP contribution in [-0.2, 0) is 25.2 Å². The zero-order valence-electron chi connectivity index (χ0n) is 21.0. The largest absolute Gasteiger partial charge is 0.493 e. The van der Waals surface area contributed by atoms with Gasteiger partial charge in [-0.3, -0.25) is 9.59 Å². The number of carboxylic acids is 1. The average molecular weight is 623 g/mol. The first-order valence-corrected chi connectivity index (χ1v) is 13.6. The molecular weight excluding hydrogens is 599 g/mol. The third kappa shape index (κ3) is 4.70. The Morgan fingerprint density at radius 3 is 2.33 bits per heavy atom. The second-order valence-electron chi connectivity index (χ2n) is 8.72. The van der Waals surface area contributed by atoms with Crippen molar-refractivity contribution in [1.29, 1.82) is 0 Å². The van der Waals surface area contributed by atoms with E-state index in [2.05, 4.69) is 15.9 Å². The quantitative estimate of drug-likeness (QED) is 0.392. The normalized spacial score (nSPS) is 18.4. The number of methoxy groups -OCH3 is 2. The third-order valence-corrected chi connectivity index (χ3v) is 8.68. The number of aliphatic hydroxyl groups is 1. The van der Waals surface area contributed by atoms with Crippen LogP contribution in [0, 0.1) is 5.82 Å². The summed E-state index contributed by atoms with van der Waals surface area (Å²) in [5.41, 5.74) is -3.08. The molecule has 13 heteroatoms. The van der Waals surface area contributed by atoms with Crippen LogP contribution in [0.5, 0.6) is 11.5 Å². The van der Waals surface area contributed by atoms with E-state index in [1.807, 2.05) is 0 Å². The number of rotatable bonds is 8. The minimum absolute atomic E-state index is 0.0758. The van der Waals surface area contributed by atoms with Crippen molar-refractivity contribution in [2.45, 2.75) is 16.5 Å². The number of fused-ring (bicyclic) bond motifs is 1. The Morgan fingerprint density at radius 1 is 1.05 bits per heavy atom. The molecule has 2 unspecified atom stereocenters. The Morgan fingerprint density at radius 2 is 1.72 bits per heavy atom. The van der Waals surface area contributed by atoms with Gasteiger partial charge in [-0.25, -0.2) is 17.1 Å². The zero-order chi connectivity index (χ0) is 28.7. The highest BCUT2D eigenvalue weighted by atomic mass is 79.9. The fourth-order valence-corrected chi connectivity index (χ4v) is 6.67. The number of ether oxygens (including phenoxy) is 2. The highest BCUT2D eigenvalue weighted by Gasteiger charge is 2.60. The lowest BCUT2D eigenvalue weighted by Gasteiger charge is -2.36. The number of amides is 1. The molecule has 206 valence electrons. The van der Waals surface area contributed by atoms with Gasteiger partial charge >= 0.3 is 5.97 Å². The van der Waals surface area contributed by atoms with Crippen LogP contribution >= 0.6 is 15.9 Å². The van der Waals surface area contributed by atoms with E-state index in [0.29, 0.717) is 8.78 Å². The first-order chi connectivity index (χ1) is 18.4. The van der Waals surface area contributed by atoms with Gasteiger partial charge in [-0.2, -0.15) is 0 Å². The Hall–Kier alpha value is -3.68. The molecule has 0 bridgehead atoms. The van der Waals surface area contributed by atoms with Crippen LogP contribution in [0.25, 0.3) is 0 Å². The van der Waals surface area contributed by atoms with Crippen molar-refractivity contribution in [2.24, 2.45) is 0 Å². The van der Waals surface area contributed by atoms with Crippen LogP contribution in [0.1, 0.15) is 11.1 Å². The van der Waals surface area contributed by atoms with Crippen LogP contribution < -0.4 is 13.8 Å². The van der Waals surface area contributed by atoms with Crippen LogP contribution in [0.4, 0.5) is 10.1 Å². The lowest BCUT2D eigenvalue weighted by atomic mass is 9.82. The molecule has 1 amide bonds. The van der Waals surface area contributed by atoms with E-state index in [1.165, 1.54) is 68.8 Å². The fraction of sp³-hybridized carbons (Fsp3) is 0.231. The summed E-state index contributed by atoms with van der Waals surface area (Å²) in [7, 11) is -0.817. The summed E-state index contributed by atoms with van der Waals surface area (Å²) < 4.78 is 55.3. The molecule has 0 radical (unpaired) electrons. The molecule has 1 aliphatic rings. The summed E-state index contributed by atoms with van der Waals surface area (Å²) in [6, 6.07) is 11.2. The number of hydrogen-bond acceptors (Lipinski definition) is 7. The highest BCUT2D eigenvalue weighted by Crippen LogP contribution is 2.52. The molecule has 0 spiro atoms. The summed E-state index contributed by atoms with van der Waals surface area (Å²) in [6.45, 7) is -0.799. The SMILES string of the molecule is COc1ccc(S(=O)(=O)N2c3ccc(Br)cc3C(O)(c3ccccc3F)C2C(=O)N(C)CC(=O)O)cc1OC. The Bertz CT molecular complexity index is 1570. The molecule has 2 atom stereocenters. The third-order valence-electron chi connectivity index (χ3n) is 6.42. The Balaban J connectivity index is 2.05. The Labute approximate surface area is 232 Å². The second-order valence-corrected chi connectivity index (χ2v) is 11.4. The number of likely N-dealkylation sites (N-methyl/N-ethyl adjacent to an activating group) is 1. The molecule has 0 saturated carbocycles. The van der Waals surface area contributed by atoms with Gasteiger partial charge in [0, 0.05) is 28.7 Å². The maximum Gasteiger partial charge on any atom is 0.323 e. The van der Waals surface area contributed by atoms with Gasteiger partial charge in [0.15, 0.2) is 17.5 Å². The molecule has 4 rings (SSSR count). The van der Waals surface area contributed by atoms with Crippen molar-refractivity contribution < 1.29 is 42.1 Å². The van der Waals surface area contributed by atoms with Crippen LogP contribution in [-0.4, -0.2) is 69.3 Å². The number of sulfonamides is 1. The second kappa shape index (κ2) is 10.5. The maximum absolute atomic E-state index is 15.3. The molecule has 2 N–H and O–H groups in total. The maximum atomic E-state index is 15.3. The van der Waals surface area contributed by atoms with Crippen molar-refractivity contribution in [2.75, 3.05) is 32.1 Å². The molecular formula is C26H24BrFN2O8S. The molecule has 0 aliphatic carbocycles. The summed E-state index contributed by atoms with van der Waals surface area (Å²) in [5, 5.41) is 21.6. The van der Waals surface area contributed by atoms with Gasteiger partial charge in [0.05, 0.1) is 24.8 Å². The van der Waals surface area contributed by atoms with Crippen molar-refractivity contribution in [3.8, 4) is 11.5 Å². The fourth-order valence-electron chi connectivity index (χ4n) is 4.65. The highest BCUT2D eigenvalue weighted by molar-refractivity contribution is 9.10. The summed E-state index contributed by atoms with van der Waals surface area (Å²) in [6.07, 6.45) is 0. The standard InChI is InChI=1S/C26H24BrFN2O8S/c1-29(14-23(31)32)25(33)24-26(34,17-6-4-5-7-19(17)28)18-12-15(27)8-10-20(18)30(24)39(35,36)16-9-11-21(37-2)22(13-16)38-3/h4-13,24,34H,14H2,1-3H3,(H,31,32). The summed E-state index contributed by atoms with van der Waals surface area (Å²) >= 11 is 3.30. The predicted molar refractivity (Wildman–Crippen MR) is 142 cm³/mol. The number of carboxylic acid groups (broad SMARTS) is 1. The number of carbonyl (C=O) groups is 2. The van der Waals surface area contributed by atoms with Gasteiger partial charge in [-0.15, -0.1) is 0 Å². The summed E-state index contributed by atoms with van der Waals surface area (Å²) in [4.78, 5) is 25.7. The minimum Gasteiger partial charge on any atom is -0.493 e. The van der Waals surface area contributed by atoms with E-state index in [4.69, 9.17) is 9.47 Å². The van der Waals surface area contributed by atoms with Crippen molar-refractivity contribution >= 4 is 43.5 Å². The number of carbonyl (C=O) groups excluding carboxylic acids is 1. The van der Waals surface area contributed by atoms with Crippen molar-refractivity contribution in [1.82, 2.24) is 4.90 Å². The Kier molecular flexibility index (Phi) is 7.61. The molecule has 0 saturated heterocycles. The molecule has 39 heavy (non-hydrogen) atoms. The van der Waals surface area contributed by atoms with E-state index in [9.17, 15) is 28.2 Å². The van der Waals surface area contributed by atoms with Crippen LogP contribution in [0.2, 0.25) is 0 Å². The molecule has 1 heterocycles. The molecule has 0 aromatic heterocycles. The predicted octanol–water partition coefficient (Wildman–Crippen LogP) is 2.96. The number of anilines is 1. The van der Waals surface area contributed by atoms with Gasteiger partial charge in [-0.1, -0.05) is 34.1 Å². The molecule has 1 aliphatic heterocycles. The van der Waals surface area contributed by atoms with E-state index in [-0.39, 0.29) is 33.2 Å². The average Bonchev–Trinajstić information content (AvgIpc) is 3.16. The lowest BCUT2D eigenvalue weighted by Crippen LogP contribution is -2.57. The number of aliphatic carboxylic acids is 1. The van der Waals surface area contributed by atoms with Crippen LogP contribution in [0.3, 0.4) is 0 Å². The minimum atomic E-state index is -4.67. The first kappa shape index (κ1) is 28.3. The number of nitrogens with zero attached hydrogens (tertiary/aromatic N) is 2.